The minimum Gasteiger partial charge on any atom is -0.265 e. The summed E-state index contributed by atoms with van der Waals surface area (Å²) >= 11 is 0. The number of nitriles is 1. The number of hydrogen-bond donors (Lipinski definition) is 0. The number of sulfonamides is 1. The molecule has 23 heavy (non-hydrogen) atoms. The first-order valence-corrected chi connectivity index (χ1v) is 8.59. The molecule has 4 nitrogen and oxygen atoms in total. The standard InChI is InChI=1S/C18H18N2O2S/c1-3-16(13-19)14-20(17-7-5-4-6-8-17)23(21,22)18-11-9-15(2)10-12-18/h3-12,16H,1,14H2,2H3/t16-/m0/s1. The molecule has 1 atom stereocenters. The van der Waals surface area contributed by atoms with Crippen LogP contribution in [0, 0.1) is 24.2 Å². The predicted octanol–water partition coefficient (Wildman–Crippen LogP) is 3.52. The van der Waals surface area contributed by atoms with Crippen molar-refractivity contribution in [3.63, 3.8) is 0 Å². The average Bonchev–Trinajstić information content (AvgIpc) is 2.57. The summed E-state index contributed by atoms with van der Waals surface area (Å²) in [5.74, 6) is -0.588. The van der Waals surface area contributed by atoms with E-state index in [1.165, 1.54) is 10.4 Å². The van der Waals surface area contributed by atoms with Crippen molar-refractivity contribution in [2.75, 3.05) is 10.8 Å². The van der Waals surface area contributed by atoms with Gasteiger partial charge in [0.2, 0.25) is 0 Å². The Morgan fingerprint density at radius 1 is 1.17 bits per heavy atom. The van der Waals surface area contributed by atoms with E-state index >= 15 is 0 Å². The lowest BCUT2D eigenvalue weighted by atomic mass is 10.1. The molecule has 2 aromatic rings. The van der Waals surface area contributed by atoms with Gasteiger partial charge in [0.25, 0.3) is 10.0 Å². The van der Waals surface area contributed by atoms with E-state index in [1.807, 2.05) is 13.0 Å². The van der Waals surface area contributed by atoms with Gasteiger partial charge in [-0.15, -0.1) is 6.58 Å². The summed E-state index contributed by atoms with van der Waals surface area (Å²) in [6.07, 6.45) is 1.46. The molecular formula is C18H18N2O2S. The third-order valence-corrected chi connectivity index (χ3v) is 5.27. The Morgan fingerprint density at radius 3 is 2.30 bits per heavy atom. The lowest BCUT2D eigenvalue weighted by Gasteiger charge is -2.25. The van der Waals surface area contributed by atoms with Gasteiger partial charge < -0.3 is 0 Å². The average molecular weight is 326 g/mol. The minimum atomic E-state index is -3.75. The van der Waals surface area contributed by atoms with E-state index in [0.717, 1.165) is 5.56 Å². The Labute approximate surface area is 137 Å². The third kappa shape index (κ3) is 3.79. The fourth-order valence-corrected chi connectivity index (χ4v) is 3.61. The molecule has 0 bridgehead atoms. The maximum Gasteiger partial charge on any atom is 0.264 e. The number of para-hydroxylation sites is 1. The van der Waals surface area contributed by atoms with Crippen LogP contribution in [-0.4, -0.2) is 15.0 Å². The molecule has 118 valence electrons. The fraction of sp³-hybridized carbons (Fsp3) is 0.167. The topological polar surface area (TPSA) is 61.2 Å². The Hall–Kier alpha value is -2.58. The number of rotatable bonds is 6. The van der Waals surface area contributed by atoms with Crippen molar-refractivity contribution in [2.24, 2.45) is 5.92 Å². The summed E-state index contributed by atoms with van der Waals surface area (Å²) in [6.45, 7) is 5.53. The zero-order valence-corrected chi connectivity index (χ0v) is 13.7. The van der Waals surface area contributed by atoms with Gasteiger partial charge in [-0.25, -0.2) is 8.42 Å². The highest BCUT2D eigenvalue weighted by Crippen LogP contribution is 2.25. The molecule has 0 fully saturated rings. The summed E-state index contributed by atoms with van der Waals surface area (Å²) in [6, 6.07) is 17.5. The maximum atomic E-state index is 13.0. The smallest absolute Gasteiger partial charge is 0.264 e. The number of nitrogens with zero attached hydrogens (tertiary/aromatic N) is 2. The van der Waals surface area contributed by atoms with Crippen molar-refractivity contribution in [3.8, 4) is 6.07 Å². The highest BCUT2D eigenvalue weighted by atomic mass is 32.2. The molecular weight excluding hydrogens is 308 g/mol. The first-order chi connectivity index (χ1) is 11.0. The van der Waals surface area contributed by atoms with Gasteiger partial charge in [-0.05, 0) is 31.2 Å². The van der Waals surface area contributed by atoms with E-state index in [9.17, 15) is 8.42 Å². The normalized spacial score (nSPS) is 12.2. The zero-order valence-electron chi connectivity index (χ0n) is 12.9. The van der Waals surface area contributed by atoms with Crippen LogP contribution in [0.25, 0.3) is 0 Å². The van der Waals surface area contributed by atoms with Crippen LogP contribution in [0.1, 0.15) is 5.56 Å². The summed E-state index contributed by atoms with van der Waals surface area (Å²) in [5.41, 5.74) is 1.51. The lowest BCUT2D eigenvalue weighted by Crippen LogP contribution is -2.34. The zero-order chi connectivity index (χ0) is 16.9. The summed E-state index contributed by atoms with van der Waals surface area (Å²) < 4.78 is 27.2. The first-order valence-electron chi connectivity index (χ1n) is 7.15. The van der Waals surface area contributed by atoms with Crippen LogP contribution in [0.3, 0.4) is 0 Å². The molecule has 0 saturated heterocycles. The highest BCUT2D eigenvalue weighted by Gasteiger charge is 2.26. The minimum absolute atomic E-state index is 0.0280. The number of anilines is 1. The van der Waals surface area contributed by atoms with Crippen molar-refractivity contribution in [3.05, 3.63) is 72.8 Å². The number of benzene rings is 2. The molecule has 0 aliphatic carbocycles. The lowest BCUT2D eigenvalue weighted by molar-refractivity contribution is 0.588. The van der Waals surface area contributed by atoms with Crippen LogP contribution in [0.5, 0.6) is 0 Å². The Morgan fingerprint density at radius 2 is 1.78 bits per heavy atom. The molecule has 2 rings (SSSR count). The van der Waals surface area contributed by atoms with E-state index in [1.54, 1.807) is 48.5 Å². The van der Waals surface area contributed by atoms with Crippen LogP contribution >= 0.6 is 0 Å². The van der Waals surface area contributed by atoms with Crippen LogP contribution in [0.4, 0.5) is 5.69 Å². The Balaban J connectivity index is 2.50. The van der Waals surface area contributed by atoms with Gasteiger partial charge in [-0.1, -0.05) is 42.0 Å². The van der Waals surface area contributed by atoms with Gasteiger partial charge in [0.15, 0.2) is 0 Å². The second-order valence-electron chi connectivity index (χ2n) is 5.16. The molecule has 5 heteroatoms. The van der Waals surface area contributed by atoms with Gasteiger partial charge in [-0.3, -0.25) is 4.31 Å². The second kappa shape index (κ2) is 7.12. The van der Waals surface area contributed by atoms with Gasteiger partial charge in [-0.2, -0.15) is 5.26 Å². The van der Waals surface area contributed by atoms with Gasteiger partial charge in [0.1, 0.15) is 0 Å². The molecule has 0 heterocycles. The summed E-state index contributed by atoms with van der Waals surface area (Å²) in [7, 11) is -3.75. The number of hydrogen-bond acceptors (Lipinski definition) is 3. The predicted molar refractivity (Wildman–Crippen MR) is 91.5 cm³/mol. The molecule has 0 N–H and O–H groups in total. The molecule has 2 aromatic carbocycles. The summed E-state index contributed by atoms with van der Waals surface area (Å²) in [4.78, 5) is 0.202. The summed E-state index contributed by atoms with van der Waals surface area (Å²) in [5, 5.41) is 9.15. The van der Waals surface area contributed by atoms with E-state index in [0.29, 0.717) is 5.69 Å². The van der Waals surface area contributed by atoms with Crippen molar-refractivity contribution in [2.45, 2.75) is 11.8 Å². The van der Waals surface area contributed by atoms with Gasteiger partial charge in [0, 0.05) is 0 Å². The van der Waals surface area contributed by atoms with Crippen molar-refractivity contribution >= 4 is 15.7 Å². The van der Waals surface area contributed by atoms with Crippen LogP contribution in [0.15, 0.2) is 72.1 Å². The van der Waals surface area contributed by atoms with E-state index in [4.69, 9.17) is 5.26 Å². The molecule has 0 unspecified atom stereocenters. The SMILES string of the molecule is C=C[C@@H](C#N)CN(c1ccccc1)S(=O)(=O)c1ccc(C)cc1. The van der Waals surface area contributed by atoms with E-state index in [-0.39, 0.29) is 11.4 Å². The van der Waals surface area contributed by atoms with Crippen LogP contribution in [-0.2, 0) is 10.0 Å². The van der Waals surface area contributed by atoms with Crippen molar-refractivity contribution < 1.29 is 8.42 Å². The number of aryl methyl sites for hydroxylation is 1. The quantitative estimate of drug-likeness (QED) is 0.763. The largest absolute Gasteiger partial charge is 0.265 e. The van der Waals surface area contributed by atoms with Crippen LogP contribution in [0.2, 0.25) is 0 Å². The fourth-order valence-electron chi connectivity index (χ4n) is 2.12. The molecule has 0 spiro atoms. The molecule has 0 aliphatic rings. The van der Waals surface area contributed by atoms with Crippen LogP contribution < -0.4 is 4.31 Å². The van der Waals surface area contributed by atoms with E-state index in [2.05, 4.69) is 12.6 Å². The van der Waals surface area contributed by atoms with Gasteiger partial charge >= 0.3 is 0 Å². The van der Waals surface area contributed by atoms with Crippen molar-refractivity contribution in [1.29, 1.82) is 5.26 Å². The van der Waals surface area contributed by atoms with Crippen molar-refractivity contribution in [1.82, 2.24) is 0 Å². The monoisotopic (exact) mass is 326 g/mol. The highest BCUT2D eigenvalue weighted by molar-refractivity contribution is 7.92. The molecule has 0 radical (unpaired) electrons. The molecule has 0 amide bonds. The Kier molecular flexibility index (Phi) is 5.20. The molecule has 0 saturated carbocycles. The Bertz CT molecular complexity index is 806. The molecule has 0 aromatic heterocycles. The second-order valence-corrected chi connectivity index (χ2v) is 7.02. The maximum absolute atomic E-state index is 13.0. The third-order valence-electron chi connectivity index (χ3n) is 3.47. The first kappa shape index (κ1) is 16.8. The van der Waals surface area contributed by atoms with E-state index < -0.39 is 15.9 Å². The van der Waals surface area contributed by atoms with Gasteiger partial charge in [0.05, 0.1) is 29.1 Å². The molecule has 0 aliphatic heterocycles.